The molecule has 3 rings (SSSR count). The zero-order valence-electron chi connectivity index (χ0n) is 12.1. The lowest BCUT2D eigenvalue weighted by molar-refractivity contribution is -0.117. The Morgan fingerprint density at radius 3 is 2.62 bits per heavy atom. The van der Waals surface area contributed by atoms with Gasteiger partial charge in [-0.3, -0.25) is 4.79 Å². The highest BCUT2D eigenvalue weighted by molar-refractivity contribution is 7.90. The Kier molecular flexibility index (Phi) is 3.53. The van der Waals surface area contributed by atoms with Crippen molar-refractivity contribution in [3.05, 3.63) is 24.3 Å². The van der Waals surface area contributed by atoms with Gasteiger partial charge in [-0.15, -0.1) is 0 Å². The number of hydrogen-bond donors (Lipinski definition) is 1. The maximum atomic E-state index is 12.4. The fourth-order valence-electron chi connectivity index (χ4n) is 3.31. The van der Waals surface area contributed by atoms with Crippen molar-refractivity contribution >= 4 is 21.4 Å². The van der Waals surface area contributed by atoms with Crippen molar-refractivity contribution in [3.8, 4) is 0 Å². The Balaban J connectivity index is 1.89. The van der Waals surface area contributed by atoms with Crippen molar-refractivity contribution in [1.82, 2.24) is 5.32 Å². The zero-order chi connectivity index (χ0) is 15.1. The van der Waals surface area contributed by atoms with Crippen molar-refractivity contribution < 1.29 is 13.2 Å². The number of amides is 1. The second-order valence-corrected chi connectivity index (χ2v) is 8.19. The van der Waals surface area contributed by atoms with Crippen LogP contribution in [0.3, 0.4) is 0 Å². The number of carbonyl (C=O) groups is 1. The molecular formula is C15H20N2O3S. The summed E-state index contributed by atoms with van der Waals surface area (Å²) in [5.74, 6) is 0.0996. The third kappa shape index (κ3) is 2.82. The lowest BCUT2D eigenvalue weighted by Crippen LogP contribution is -2.38. The zero-order valence-corrected chi connectivity index (χ0v) is 12.9. The average molecular weight is 308 g/mol. The normalized spacial score (nSPS) is 22.0. The van der Waals surface area contributed by atoms with E-state index < -0.39 is 9.84 Å². The summed E-state index contributed by atoms with van der Waals surface area (Å²) >= 11 is 0. The van der Waals surface area contributed by atoms with Gasteiger partial charge in [0.15, 0.2) is 9.84 Å². The van der Waals surface area contributed by atoms with E-state index in [0.29, 0.717) is 18.7 Å². The monoisotopic (exact) mass is 308 g/mol. The number of sulfone groups is 1. The van der Waals surface area contributed by atoms with Crippen LogP contribution in [0.5, 0.6) is 0 Å². The first-order chi connectivity index (χ1) is 9.90. The van der Waals surface area contributed by atoms with Gasteiger partial charge < -0.3 is 10.2 Å². The fraction of sp³-hybridized carbons (Fsp3) is 0.533. The van der Waals surface area contributed by atoms with Gasteiger partial charge >= 0.3 is 0 Å². The third-order valence-corrected chi connectivity index (χ3v) is 5.65. The minimum Gasteiger partial charge on any atom is -0.317 e. The molecule has 2 heterocycles. The number of hydrogen-bond acceptors (Lipinski definition) is 4. The Hall–Kier alpha value is -1.40. The number of rotatable bonds is 2. The van der Waals surface area contributed by atoms with Crippen molar-refractivity contribution in [2.24, 2.45) is 5.41 Å². The molecule has 0 bridgehead atoms. The van der Waals surface area contributed by atoms with Gasteiger partial charge in [-0.2, -0.15) is 0 Å². The third-order valence-electron chi connectivity index (χ3n) is 4.54. The molecule has 0 aromatic heterocycles. The van der Waals surface area contributed by atoms with Crippen LogP contribution in [0.1, 0.15) is 19.3 Å². The highest BCUT2D eigenvalue weighted by Crippen LogP contribution is 2.41. The van der Waals surface area contributed by atoms with Crippen LogP contribution < -0.4 is 10.2 Å². The molecule has 1 N–H and O–H groups in total. The highest BCUT2D eigenvalue weighted by atomic mass is 32.2. The topological polar surface area (TPSA) is 66.5 Å². The van der Waals surface area contributed by atoms with Crippen LogP contribution in [0.15, 0.2) is 29.2 Å². The summed E-state index contributed by atoms with van der Waals surface area (Å²) in [6, 6.07) is 6.69. The first-order valence-corrected chi connectivity index (χ1v) is 9.10. The van der Waals surface area contributed by atoms with Crippen LogP contribution in [-0.4, -0.2) is 40.2 Å². The molecule has 114 valence electrons. The van der Waals surface area contributed by atoms with E-state index in [0.717, 1.165) is 25.9 Å². The molecule has 0 aliphatic carbocycles. The molecule has 5 nitrogen and oxygen atoms in total. The van der Waals surface area contributed by atoms with Crippen LogP contribution in [0.25, 0.3) is 0 Å². The number of nitrogens with one attached hydrogen (secondary N) is 1. The number of carbonyl (C=O) groups excluding carboxylic acids is 1. The Morgan fingerprint density at radius 2 is 1.95 bits per heavy atom. The Bertz CT molecular complexity index is 663. The largest absolute Gasteiger partial charge is 0.317 e. The first kappa shape index (κ1) is 14.5. The van der Waals surface area contributed by atoms with Crippen molar-refractivity contribution in [2.75, 3.05) is 30.8 Å². The molecule has 1 amide bonds. The van der Waals surface area contributed by atoms with Crippen molar-refractivity contribution in [3.63, 3.8) is 0 Å². The molecule has 0 saturated carbocycles. The van der Waals surface area contributed by atoms with E-state index in [1.165, 1.54) is 6.26 Å². The molecule has 1 aromatic rings. The van der Waals surface area contributed by atoms with Crippen LogP contribution in [-0.2, 0) is 14.6 Å². The Morgan fingerprint density at radius 1 is 1.24 bits per heavy atom. The van der Waals surface area contributed by atoms with Crippen molar-refractivity contribution in [2.45, 2.75) is 24.2 Å². The van der Waals surface area contributed by atoms with E-state index in [-0.39, 0.29) is 16.2 Å². The molecule has 0 atom stereocenters. The van der Waals surface area contributed by atoms with Crippen LogP contribution in [0.2, 0.25) is 0 Å². The molecule has 21 heavy (non-hydrogen) atoms. The van der Waals surface area contributed by atoms with Gasteiger partial charge in [0.25, 0.3) is 0 Å². The van der Waals surface area contributed by atoms with E-state index in [2.05, 4.69) is 5.32 Å². The minimum absolute atomic E-state index is 0.0590. The van der Waals surface area contributed by atoms with Gasteiger partial charge in [0, 0.05) is 24.9 Å². The maximum absolute atomic E-state index is 12.4. The highest BCUT2D eigenvalue weighted by Gasteiger charge is 2.44. The molecule has 2 fully saturated rings. The first-order valence-electron chi connectivity index (χ1n) is 7.21. The molecule has 2 aliphatic heterocycles. The summed E-state index contributed by atoms with van der Waals surface area (Å²) in [6.07, 6.45) is 3.76. The predicted molar refractivity (Wildman–Crippen MR) is 81.1 cm³/mol. The van der Waals surface area contributed by atoms with E-state index in [1.807, 2.05) is 6.07 Å². The van der Waals surface area contributed by atoms with E-state index in [9.17, 15) is 13.2 Å². The standard InChI is InChI=1S/C15H20N2O3S/c1-21(19,20)13-4-2-3-12(9-13)17-11-15(10-14(17)18)5-7-16-8-6-15/h2-4,9,16H,5-8,10-11H2,1H3. The van der Waals surface area contributed by atoms with Crippen LogP contribution in [0.4, 0.5) is 5.69 Å². The van der Waals surface area contributed by atoms with Gasteiger partial charge in [-0.25, -0.2) is 8.42 Å². The summed E-state index contributed by atoms with van der Waals surface area (Å²) in [7, 11) is -3.25. The van der Waals surface area contributed by atoms with Crippen LogP contribution >= 0.6 is 0 Å². The van der Waals surface area contributed by atoms with E-state index >= 15 is 0 Å². The van der Waals surface area contributed by atoms with E-state index in [1.54, 1.807) is 23.1 Å². The maximum Gasteiger partial charge on any atom is 0.227 e. The SMILES string of the molecule is CS(=O)(=O)c1cccc(N2CC3(CCNCC3)CC2=O)c1. The molecule has 6 heteroatoms. The van der Waals surface area contributed by atoms with Gasteiger partial charge in [0.1, 0.15) is 0 Å². The van der Waals surface area contributed by atoms with Gasteiger partial charge in [-0.1, -0.05) is 6.07 Å². The van der Waals surface area contributed by atoms with Gasteiger partial charge in [0.05, 0.1) is 4.90 Å². The van der Waals surface area contributed by atoms with Gasteiger partial charge in [0.2, 0.25) is 5.91 Å². The number of nitrogens with zero attached hydrogens (tertiary/aromatic N) is 1. The average Bonchev–Trinajstić information content (AvgIpc) is 2.75. The molecule has 2 aliphatic rings. The van der Waals surface area contributed by atoms with Gasteiger partial charge in [-0.05, 0) is 49.5 Å². The summed E-state index contributed by atoms with van der Waals surface area (Å²) < 4.78 is 23.3. The molecule has 1 aromatic carbocycles. The molecule has 2 saturated heterocycles. The van der Waals surface area contributed by atoms with Crippen molar-refractivity contribution in [1.29, 1.82) is 0 Å². The molecule has 1 spiro atoms. The summed E-state index contributed by atoms with van der Waals surface area (Å²) in [5, 5.41) is 3.33. The number of piperidine rings is 1. The Labute approximate surface area is 125 Å². The second-order valence-electron chi connectivity index (χ2n) is 6.18. The summed E-state index contributed by atoms with van der Waals surface area (Å²) in [5.41, 5.74) is 0.752. The lowest BCUT2D eigenvalue weighted by Gasteiger charge is -2.33. The number of anilines is 1. The quantitative estimate of drug-likeness (QED) is 0.891. The van der Waals surface area contributed by atoms with E-state index in [4.69, 9.17) is 0 Å². The fourth-order valence-corrected chi connectivity index (χ4v) is 3.97. The molecule has 0 radical (unpaired) electrons. The number of benzene rings is 1. The smallest absolute Gasteiger partial charge is 0.227 e. The second kappa shape index (κ2) is 5.10. The predicted octanol–water partition coefficient (Wildman–Crippen LogP) is 1.20. The lowest BCUT2D eigenvalue weighted by atomic mass is 9.78. The molecule has 0 unspecified atom stereocenters. The minimum atomic E-state index is -3.25. The summed E-state index contributed by atoms with van der Waals surface area (Å²) in [6.45, 7) is 2.59. The molecular weight excluding hydrogens is 288 g/mol. The summed E-state index contributed by atoms with van der Waals surface area (Å²) in [4.78, 5) is 14.4. The van der Waals surface area contributed by atoms with Crippen LogP contribution in [0, 0.1) is 5.41 Å².